The van der Waals surface area contributed by atoms with E-state index in [1.165, 1.54) is 38.5 Å². The maximum absolute atomic E-state index is 2.54. The molecule has 15 heavy (non-hydrogen) atoms. The Balaban J connectivity index is 2.92. The lowest BCUT2D eigenvalue weighted by Gasteiger charge is -2.55. The van der Waals surface area contributed by atoms with E-state index in [1.54, 1.807) is 0 Å². The second-order valence-electron chi connectivity index (χ2n) is 7.07. The highest BCUT2D eigenvalue weighted by molar-refractivity contribution is 4.99. The lowest BCUT2D eigenvalue weighted by atomic mass is 9.50. The molecular weight excluding hydrogens is 180 g/mol. The van der Waals surface area contributed by atoms with Gasteiger partial charge in [-0.1, -0.05) is 54.4 Å². The van der Waals surface area contributed by atoms with Crippen molar-refractivity contribution in [3.05, 3.63) is 0 Å². The molecule has 0 N–H and O–H groups in total. The maximum Gasteiger partial charge on any atom is -0.0267 e. The van der Waals surface area contributed by atoms with E-state index < -0.39 is 0 Å². The van der Waals surface area contributed by atoms with E-state index in [1.807, 2.05) is 0 Å². The van der Waals surface area contributed by atoms with Crippen LogP contribution in [0.4, 0.5) is 0 Å². The lowest BCUT2D eigenvalue weighted by molar-refractivity contribution is -0.0491. The molecule has 0 aromatic rings. The SMILES string of the molecule is CCCC1(C)CC(C)(C)CCC1(C)CC. The van der Waals surface area contributed by atoms with Gasteiger partial charge in [0.05, 0.1) is 0 Å². The molecule has 1 aliphatic carbocycles. The van der Waals surface area contributed by atoms with E-state index in [4.69, 9.17) is 0 Å². The van der Waals surface area contributed by atoms with Crippen LogP contribution in [0.2, 0.25) is 0 Å². The van der Waals surface area contributed by atoms with Gasteiger partial charge in [-0.3, -0.25) is 0 Å². The molecule has 1 aliphatic rings. The Bertz CT molecular complexity index is 216. The summed E-state index contributed by atoms with van der Waals surface area (Å²) in [6.45, 7) is 14.7. The fourth-order valence-corrected chi connectivity index (χ4v) is 3.82. The zero-order chi connectivity index (χ0) is 11.7. The second-order valence-corrected chi connectivity index (χ2v) is 7.07. The van der Waals surface area contributed by atoms with Gasteiger partial charge in [-0.05, 0) is 41.9 Å². The van der Waals surface area contributed by atoms with E-state index in [-0.39, 0.29) is 0 Å². The van der Waals surface area contributed by atoms with Crippen molar-refractivity contribution in [2.75, 3.05) is 0 Å². The Morgan fingerprint density at radius 1 is 0.867 bits per heavy atom. The van der Waals surface area contributed by atoms with Gasteiger partial charge in [-0.15, -0.1) is 0 Å². The zero-order valence-electron chi connectivity index (χ0n) is 11.7. The molecule has 0 nitrogen and oxygen atoms in total. The van der Waals surface area contributed by atoms with Crippen molar-refractivity contribution in [2.24, 2.45) is 16.2 Å². The minimum Gasteiger partial charge on any atom is -0.0654 e. The molecule has 1 saturated carbocycles. The van der Waals surface area contributed by atoms with Crippen LogP contribution in [0.1, 0.15) is 80.1 Å². The Kier molecular flexibility index (Phi) is 3.58. The number of hydrogen-bond donors (Lipinski definition) is 0. The van der Waals surface area contributed by atoms with Crippen molar-refractivity contribution in [1.29, 1.82) is 0 Å². The van der Waals surface area contributed by atoms with Gasteiger partial charge in [0.2, 0.25) is 0 Å². The Labute approximate surface area is 96.8 Å². The summed E-state index contributed by atoms with van der Waals surface area (Å²) in [7, 11) is 0. The third kappa shape index (κ3) is 2.40. The Hall–Kier alpha value is 0. The first-order valence-corrected chi connectivity index (χ1v) is 6.79. The Morgan fingerprint density at radius 2 is 1.47 bits per heavy atom. The summed E-state index contributed by atoms with van der Waals surface area (Å²) in [5.74, 6) is 0. The van der Waals surface area contributed by atoms with E-state index >= 15 is 0 Å². The third-order valence-electron chi connectivity index (χ3n) is 5.26. The fraction of sp³-hybridized carbons (Fsp3) is 1.00. The molecule has 0 aliphatic heterocycles. The zero-order valence-corrected chi connectivity index (χ0v) is 11.7. The summed E-state index contributed by atoms with van der Waals surface area (Å²) in [5.41, 5.74) is 1.72. The average Bonchev–Trinajstić information content (AvgIpc) is 2.12. The minimum atomic E-state index is 0.568. The average molecular weight is 210 g/mol. The normalized spacial score (nSPS) is 40.4. The van der Waals surface area contributed by atoms with Crippen molar-refractivity contribution >= 4 is 0 Å². The highest BCUT2D eigenvalue weighted by Gasteiger charge is 2.49. The molecule has 0 bridgehead atoms. The summed E-state index contributed by atoms with van der Waals surface area (Å²) >= 11 is 0. The van der Waals surface area contributed by atoms with Crippen molar-refractivity contribution in [3.63, 3.8) is 0 Å². The van der Waals surface area contributed by atoms with E-state index in [9.17, 15) is 0 Å². The van der Waals surface area contributed by atoms with Gasteiger partial charge < -0.3 is 0 Å². The van der Waals surface area contributed by atoms with E-state index in [2.05, 4.69) is 41.5 Å². The minimum absolute atomic E-state index is 0.568. The van der Waals surface area contributed by atoms with E-state index in [0.29, 0.717) is 16.2 Å². The van der Waals surface area contributed by atoms with Crippen molar-refractivity contribution in [1.82, 2.24) is 0 Å². The van der Waals surface area contributed by atoms with Gasteiger partial charge in [-0.25, -0.2) is 0 Å². The van der Waals surface area contributed by atoms with Crippen LogP contribution in [-0.4, -0.2) is 0 Å². The van der Waals surface area contributed by atoms with Crippen LogP contribution in [0, 0.1) is 16.2 Å². The van der Waals surface area contributed by atoms with Gasteiger partial charge in [0.25, 0.3) is 0 Å². The molecule has 0 aromatic heterocycles. The smallest absolute Gasteiger partial charge is 0.0267 e. The molecule has 1 rings (SSSR count). The first kappa shape index (κ1) is 13.1. The lowest BCUT2D eigenvalue weighted by Crippen LogP contribution is -2.45. The van der Waals surface area contributed by atoms with Gasteiger partial charge >= 0.3 is 0 Å². The monoisotopic (exact) mass is 210 g/mol. The second kappa shape index (κ2) is 4.11. The summed E-state index contributed by atoms with van der Waals surface area (Å²) < 4.78 is 0. The molecule has 0 saturated heterocycles. The maximum atomic E-state index is 2.54. The molecule has 0 heteroatoms. The molecule has 1 fully saturated rings. The van der Waals surface area contributed by atoms with Crippen molar-refractivity contribution in [3.8, 4) is 0 Å². The quantitative estimate of drug-likeness (QED) is 0.583. The highest BCUT2D eigenvalue weighted by Crippen LogP contribution is 2.59. The molecule has 90 valence electrons. The van der Waals surface area contributed by atoms with Crippen LogP contribution in [0.25, 0.3) is 0 Å². The fourth-order valence-electron chi connectivity index (χ4n) is 3.82. The van der Waals surface area contributed by atoms with Gasteiger partial charge in [0.15, 0.2) is 0 Å². The predicted octanol–water partition coefficient (Wildman–Crippen LogP) is 5.42. The molecule has 0 spiro atoms. The molecule has 0 aromatic carbocycles. The summed E-state index contributed by atoms with van der Waals surface area (Å²) in [5, 5.41) is 0. The Morgan fingerprint density at radius 3 is 1.93 bits per heavy atom. The summed E-state index contributed by atoms with van der Waals surface area (Å²) in [4.78, 5) is 0. The molecule has 2 unspecified atom stereocenters. The topological polar surface area (TPSA) is 0 Å². The van der Waals surface area contributed by atoms with Crippen LogP contribution in [-0.2, 0) is 0 Å². The molecule has 0 heterocycles. The molecular formula is C15H30. The van der Waals surface area contributed by atoms with Crippen LogP contribution < -0.4 is 0 Å². The molecule has 2 atom stereocenters. The first-order valence-electron chi connectivity index (χ1n) is 6.79. The van der Waals surface area contributed by atoms with Gasteiger partial charge in [-0.2, -0.15) is 0 Å². The first-order chi connectivity index (χ1) is 6.79. The van der Waals surface area contributed by atoms with Gasteiger partial charge in [0.1, 0.15) is 0 Å². The highest BCUT2D eigenvalue weighted by atomic mass is 14.5. The van der Waals surface area contributed by atoms with Crippen molar-refractivity contribution in [2.45, 2.75) is 80.1 Å². The molecule has 0 radical (unpaired) electrons. The van der Waals surface area contributed by atoms with Crippen LogP contribution in [0.5, 0.6) is 0 Å². The van der Waals surface area contributed by atoms with Crippen LogP contribution in [0.15, 0.2) is 0 Å². The third-order valence-corrected chi connectivity index (χ3v) is 5.26. The van der Waals surface area contributed by atoms with E-state index in [0.717, 1.165) is 0 Å². The van der Waals surface area contributed by atoms with Crippen molar-refractivity contribution < 1.29 is 0 Å². The van der Waals surface area contributed by atoms with Crippen LogP contribution in [0.3, 0.4) is 0 Å². The summed E-state index contributed by atoms with van der Waals surface area (Å²) in [6, 6.07) is 0. The number of rotatable bonds is 3. The largest absolute Gasteiger partial charge is 0.0654 e. The van der Waals surface area contributed by atoms with Gasteiger partial charge in [0, 0.05) is 0 Å². The predicted molar refractivity (Wildman–Crippen MR) is 69.0 cm³/mol. The number of hydrogen-bond acceptors (Lipinski definition) is 0. The molecule has 0 amide bonds. The summed E-state index contributed by atoms with van der Waals surface area (Å²) in [6.07, 6.45) is 8.34. The van der Waals surface area contributed by atoms with Crippen LogP contribution >= 0.6 is 0 Å². The standard InChI is InChI=1S/C15H30/c1-7-9-15(6)12-13(3,4)10-11-14(15,5)8-2/h7-12H2,1-6H3.